The van der Waals surface area contributed by atoms with Gasteiger partial charge in [0.1, 0.15) is 5.75 Å². The molecular formula is C15H22N2O5. The number of anilines is 1. The van der Waals surface area contributed by atoms with Crippen LogP contribution < -0.4 is 15.8 Å². The van der Waals surface area contributed by atoms with Gasteiger partial charge in [0.15, 0.2) is 6.61 Å². The van der Waals surface area contributed by atoms with Crippen molar-refractivity contribution < 1.29 is 23.8 Å². The standard InChI is InChI=1S/C15H22N2O5/c1-10-6-11(22-9-15(19)21-3)4-5-13(10)17-14(18)7-12(8-16)20-2/h4-6,12H,7-9,16H2,1-3H3,(H,17,18). The van der Waals surface area contributed by atoms with E-state index in [1.807, 2.05) is 6.92 Å². The van der Waals surface area contributed by atoms with Crippen molar-refractivity contribution in [3.8, 4) is 5.75 Å². The highest BCUT2D eigenvalue weighted by molar-refractivity contribution is 5.91. The van der Waals surface area contributed by atoms with Crippen molar-refractivity contribution >= 4 is 17.6 Å². The summed E-state index contributed by atoms with van der Waals surface area (Å²) >= 11 is 0. The molecule has 1 unspecified atom stereocenters. The van der Waals surface area contributed by atoms with Crippen molar-refractivity contribution in [1.82, 2.24) is 0 Å². The summed E-state index contributed by atoms with van der Waals surface area (Å²) in [4.78, 5) is 22.9. The molecule has 0 aliphatic heterocycles. The number of benzene rings is 1. The molecule has 3 N–H and O–H groups in total. The molecule has 122 valence electrons. The van der Waals surface area contributed by atoms with Crippen molar-refractivity contribution in [1.29, 1.82) is 0 Å². The molecule has 1 aromatic carbocycles. The summed E-state index contributed by atoms with van der Waals surface area (Å²) in [7, 11) is 2.81. The number of ether oxygens (including phenoxy) is 3. The number of nitrogens with two attached hydrogens (primary N) is 1. The molecule has 7 heteroatoms. The number of carbonyl (C=O) groups excluding carboxylic acids is 2. The lowest BCUT2D eigenvalue weighted by Crippen LogP contribution is -2.28. The van der Waals surface area contributed by atoms with Crippen LogP contribution in [0.15, 0.2) is 18.2 Å². The Morgan fingerprint density at radius 2 is 2.05 bits per heavy atom. The van der Waals surface area contributed by atoms with Crippen LogP contribution >= 0.6 is 0 Å². The second kappa shape index (κ2) is 9.01. The van der Waals surface area contributed by atoms with Crippen LogP contribution in [0.2, 0.25) is 0 Å². The van der Waals surface area contributed by atoms with Crippen molar-refractivity contribution in [2.75, 3.05) is 32.7 Å². The first-order chi connectivity index (χ1) is 10.5. The van der Waals surface area contributed by atoms with Gasteiger partial charge in [-0.1, -0.05) is 0 Å². The Morgan fingerprint density at radius 1 is 1.32 bits per heavy atom. The van der Waals surface area contributed by atoms with Crippen LogP contribution in [0.3, 0.4) is 0 Å². The third-order valence-corrected chi connectivity index (χ3v) is 3.07. The zero-order valence-corrected chi connectivity index (χ0v) is 13.0. The zero-order chi connectivity index (χ0) is 16.5. The highest BCUT2D eigenvalue weighted by atomic mass is 16.6. The average Bonchev–Trinajstić information content (AvgIpc) is 2.52. The fourth-order valence-corrected chi connectivity index (χ4v) is 1.74. The molecule has 0 fully saturated rings. The van der Waals surface area contributed by atoms with E-state index in [1.165, 1.54) is 14.2 Å². The molecule has 0 spiro atoms. The van der Waals surface area contributed by atoms with E-state index >= 15 is 0 Å². The van der Waals surface area contributed by atoms with Crippen LogP contribution in [0.25, 0.3) is 0 Å². The summed E-state index contributed by atoms with van der Waals surface area (Å²) in [6.07, 6.45) is -0.115. The van der Waals surface area contributed by atoms with Crippen molar-refractivity contribution in [2.24, 2.45) is 5.73 Å². The summed E-state index contributed by atoms with van der Waals surface area (Å²) < 4.78 is 14.8. The molecule has 0 bridgehead atoms. The largest absolute Gasteiger partial charge is 0.482 e. The number of amides is 1. The smallest absolute Gasteiger partial charge is 0.343 e. The number of rotatable bonds is 8. The fraction of sp³-hybridized carbons (Fsp3) is 0.467. The van der Waals surface area contributed by atoms with Gasteiger partial charge in [-0.15, -0.1) is 0 Å². The minimum atomic E-state index is -0.456. The van der Waals surface area contributed by atoms with Gasteiger partial charge in [0.2, 0.25) is 5.91 Å². The number of carbonyl (C=O) groups is 2. The summed E-state index contributed by atoms with van der Waals surface area (Å²) in [6.45, 7) is 1.95. The van der Waals surface area contributed by atoms with Crippen LogP contribution in [0.5, 0.6) is 5.75 Å². The maximum absolute atomic E-state index is 11.9. The van der Waals surface area contributed by atoms with Gasteiger partial charge in [-0.05, 0) is 30.7 Å². The third kappa shape index (κ3) is 5.71. The predicted octanol–water partition coefficient (Wildman–Crippen LogP) is 0.849. The molecule has 7 nitrogen and oxygen atoms in total. The molecule has 1 amide bonds. The highest BCUT2D eigenvalue weighted by Crippen LogP contribution is 2.21. The summed E-state index contributed by atoms with van der Waals surface area (Å²) in [5.41, 5.74) is 6.97. The molecule has 0 aliphatic carbocycles. The van der Waals surface area contributed by atoms with Gasteiger partial charge in [0, 0.05) is 19.3 Å². The van der Waals surface area contributed by atoms with E-state index < -0.39 is 5.97 Å². The Hall–Kier alpha value is -2.12. The minimum Gasteiger partial charge on any atom is -0.482 e. The summed E-state index contributed by atoms with van der Waals surface area (Å²) in [6, 6.07) is 5.11. The third-order valence-electron chi connectivity index (χ3n) is 3.07. The van der Waals surface area contributed by atoms with E-state index in [2.05, 4.69) is 10.1 Å². The number of hydrogen-bond donors (Lipinski definition) is 2. The normalized spacial score (nSPS) is 11.6. The lowest BCUT2D eigenvalue weighted by molar-refractivity contribution is -0.142. The van der Waals surface area contributed by atoms with Gasteiger partial charge >= 0.3 is 5.97 Å². The number of esters is 1. The molecule has 0 heterocycles. The van der Waals surface area contributed by atoms with Gasteiger partial charge < -0.3 is 25.3 Å². The lowest BCUT2D eigenvalue weighted by Gasteiger charge is -2.14. The molecule has 22 heavy (non-hydrogen) atoms. The fourth-order valence-electron chi connectivity index (χ4n) is 1.74. The monoisotopic (exact) mass is 310 g/mol. The predicted molar refractivity (Wildman–Crippen MR) is 81.8 cm³/mol. The van der Waals surface area contributed by atoms with Gasteiger partial charge in [-0.25, -0.2) is 4.79 Å². The lowest BCUT2D eigenvalue weighted by atomic mass is 10.1. The molecule has 0 saturated heterocycles. The van der Waals surface area contributed by atoms with Crippen LogP contribution in [0, 0.1) is 6.92 Å². The SMILES string of the molecule is COC(=O)COc1ccc(NC(=O)CC(CN)OC)c(C)c1. The molecule has 0 saturated carbocycles. The molecule has 0 radical (unpaired) electrons. The van der Waals surface area contributed by atoms with Crippen molar-refractivity contribution in [3.05, 3.63) is 23.8 Å². The van der Waals surface area contributed by atoms with Crippen LogP contribution in [0.4, 0.5) is 5.69 Å². The molecule has 1 atom stereocenters. The van der Waals surface area contributed by atoms with E-state index in [9.17, 15) is 9.59 Å². The molecule has 1 aromatic rings. The highest BCUT2D eigenvalue weighted by Gasteiger charge is 2.13. The number of nitrogens with one attached hydrogen (secondary N) is 1. The van der Waals surface area contributed by atoms with E-state index in [0.29, 0.717) is 11.4 Å². The number of hydrogen-bond acceptors (Lipinski definition) is 6. The van der Waals surface area contributed by atoms with E-state index in [4.69, 9.17) is 15.2 Å². The zero-order valence-electron chi connectivity index (χ0n) is 13.0. The van der Waals surface area contributed by atoms with E-state index in [1.54, 1.807) is 18.2 Å². The van der Waals surface area contributed by atoms with Gasteiger partial charge in [0.25, 0.3) is 0 Å². The first-order valence-corrected chi connectivity index (χ1v) is 6.83. The number of aryl methyl sites for hydroxylation is 1. The molecule has 0 aromatic heterocycles. The Morgan fingerprint density at radius 3 is 2.59 bits per heavy atom. The van der Waals surface area contributed by atoms with E-state index in [-0.39, 0.29) is 31.6 Å². The second-order valence-electron chi connectivity index (χ2n) is 4.69. The molecule has 0 aliphatic rings. The summed E-state index contributed by atoms with van der Waals surface area (Å²) in [5, 5.41) is 2.79. The van der Waals surface area contributed by atoms with E-state index in [0.717, 1.165) is 5.56 Å². The van der Waals surface area contributed by atoms with Gasteiger partial charge in [-0.2, -0.15) is 0 Å². The topological polar surface area (TPSA) is 99.9 Å². The Labute approximate surface area is 129 Å². The first kappa shape index (κ1) is 17.9. The Bertz CT molecular complexity index is 515. The number of methoxy groups -OCH3 is 2. The minimum absolute atomic E-state index is 0.159. The summed E-state index contributed by atoms with van der Waals surface area (Å²) in [5.74, 6) is -0.108. The maximum atomic E-state index is 11.9. The van der Waals surface area contributed by atoms with Crippen LogP contribution in [0.1, 0.15) is 12.0 Å². The van der Waals surface area contributed by atoms with Crippen molar-refractivity contribution in [2.45, 2.75) is 19.4 Å². The first-order valence-electron chi connectivity index (χ1n) is 6.83. The van der Waals surface area contributed by atoms with Crippen LogP contribution in [-0.2, 0) is 19.1 Å². The second-order valence-corrected chi connectivity index (χ2v) is 4.69. The maximum Gasteiger partial charge on any atom is 0.343 e. The van der Waals surface area contributed by atoms with Crippen LogP contribution in [-0.4, -0.2) is 45.4 Å². The Balaban J connectivity index is 2.62. The van der Waals surface area contributed by atoms with Crippen molar-refractivity contribution in [3.63, 3.8) is 0 Å². The average molecular weight is 310 g/mol. The van der Waals surface area contributed by atoms with Gasteiger partial charge in [0.05, 0.1) is 19.6 Å². The van der Waals surface area contributed by atoms with Gasteiger partial charge in [-0.3, -0.25) is 4.79 Å². The molecule has 1 rings (SSSR count). The Kier molecular flexibility index (Phi) is 7.34. The molecular weight excluding hydrogens is 288 g/mol. The quantitative estimate of drug-likeness (QED) is 0.691.